The van der Waals surface area contributed by atoms with Crippen LogP contribution < -0.4 is 5.32 Å². The minimum Gasteiger partial charge on any atom is -0.381 e. The van der Waals surface area contributed by atoms with E-state index in [1.165, 1.54) is 13.8 Å². The van der Waals surface area contributed by atoms with Crippen molar-refractivity contribution in [1.82, 2.24) is 10.2 Å². The van der Waals surface area contributed by atoms with E-state index in [2.05, 4.69) is 12.2 Å². The van der Waals surface area contributed by atoms with E-state index in [1.54, 1.807) is 0 Å². The number of carbonyl (C=O) groups is 3. The second-order valence-corrected chi connectivity index (χ2v) is 5.16. The Morgan fingerprint density at radius 1 is 1.16 bits per heavy atom. The molecule has 1 saturated heterocycles. The van der Waals surface area contributed by atoms with E-state index in [0.29, 0.717) is 19.6 Å². The van der Waals surface area contributed by atoms with Crippen LogP contribution >= 0.6 is 0 Å². The third kappa shape index (κ3) is 3.76. The molecule has 1 rings (SSSR count). The molecule has 0 saturated carbocycles. The molecule has 19 heavy (non-hydrogen) atoms. The summed E-state index contributed by atoms with van der Waals surface area (Å²) in [5.74, 6) is -0.993. The zero-order valence-corrected chi connectivity index (χ0v) is 11.8. The Morgan fingerprint density at radius 3 is 2.42 bits per heavy atom. The largest absolute Gasteiger partial charge is 0.381 e. The van der Waals surface area contributed by atoms with Crippen LogP contribution in [0.5, 0.6) is 0 Å². The number of carbonyl (C=O) groups excluding carboxylic acids is 3. The van der Waals surface area contributed by atoms with Crippen molar-refractivity contribution in [3.63, 3.8) is 0 Å². The number of hydrogen-bond acceptors (Lipinski definition) is 4. The van der Waals surface area contributed by atoms with Gasteiger partial charge in [0, 0.05) is 19.8 Å². The lowest BCUT2D eigenvalue weighted by Crippen LogP contribution is -2.62. The van der Waals surface area contributed by atoms with Crippen LogP contribution in [0.1, 0.15) is 40.0 Å². The first-order chi connectivity index (χ1) is 8.91. The quantitative estimate of drug-likeness (QED) is 0.559. The van der Waals surface area contributed by atoms with Gasteiger partial charge in [-0.3, -0.25) is 19.8 Å². The topological polar surface area (TPSA) is 75.7 Å². The smallest absolute Gasteiger partial charge is 0.330 e. The lowest BCUT2D eigenvalue weighted by molar-refractivity contribution is -0.149. The van der Waals surface area contributed by atoms with Crippen LogP contribution in [0.4, 0.5) is 4.79 Å². The lowest BCUT2D eigenvalue weighted by Gasteiger charge is -2.34. The molecular weight excluding hydrogens is 248 g/mol. The summed E-state index contributed by atoms with van der Waals surface area (Å²) in [6, 6.07) is -0.636. The van der Waals surface area contributed by atoms with Gasteiger partial charge in [0.25, 0.3) is 0 Å². The van der Waals surface area contributed by atoms with Gasteiger partial charge in [-0.25, -0.2) is 4.79 Å². The zero-order chi connectivity index (χ0) is 14.5. The first-order valence-electron chi connectivity index (χ1n) is 6.66. The molecule has 1 fully saturated rings. The number of imide groups is 2. The van der Waals surface area contributed by atoms with Gasteiger partial charge in [0.15, 0.2) is 0 Å². The Balaban J connectivity index is 2.42. The van der Waals surface area contributed by atoms with E-state index < -0.39 is 23.3 Å². The standard InChI is InChI=1S/C13H22N2O4/c1-4-5-8-19-9-6-7-15-11(17)13(2,3)10(16)14-12(15)18/h4-9H2,1-3H3,(H,14,16,18). The average molecular weight is 270 g/mol. The molecule has 1 N–H and O–H groups in total. The van der Waals surface area contributed by atoms with Crippen LogP contribution in [-0.2, 0) is 14.3 Å². The van der Waals surface area contributed by atoms with Gasteiger partial charge < -0.3 is 4.74 Å². The summed E-state index contributed by atoms with van der Waals surface area (Å²) in [5.41, 5.74) is -1.18. The molecule has 0 unspecified atom stereocenters. The summed E-state index contributed by atoms with van der Waals surface area (Å²) in [6.07, 6.45) is 2.65. The van der Waals surface area contributed by atoms with Crippen LogP contribution in [-0.4, -0.2) is 42.5 Å². The maximum atomic E-state index is 12.0. The lowest BCUT2D eigenvalue weighted by atomic mass is 9.89. The second-order valence-electron chi connectivity index (χ2n) is 5.16. The molecule has 0 radical (unpaired) electrons. The molecule has 0 aliphatic carbocycles. The van der Waals surface area contributed by atoms with Crippen LogP contribution in [0.15, 0.2) is 0 Å². The number of urea groups is 1. The minimum absolute atomic E-state index is 0.271. The number of unbranched alkanes of at least 4 members (excludes halogenated alkanes) is 1. The Morgan fingerprint density at radius 2 is 1.79 bits per heavy atom. The predicted octanol–water partition coefficient (Wildman–Crippen LogP) is 1.30. The molecule has 6 nitrogen and oxygen atoms in total. The van der Waals surface area contributed by atoms with Crippen molar-refractivity contribution >= 4 is 17.8 Å². The normalized spacial score (nSPS) is 18.7. The summed E-state index contributed by atoms with van der Waals surface area (Å²) in [4.78, 5) is 36.3. The van der Waals surface area contributed by atoms with E-state index in [0.717, 1.165) is 17.7 Å². The molecule has 1 aliphatic rings. The molecule has 0 aromatic carbocycles. The fourth-order valence-corrected chi connectivity index (χ4v) is 1.72. The highest BCUT2D eigenvalue weighted by atomic mass is 16.5. The van der Waals surface area contributed by atoms with Crippen molar-refractivity contribution in [2.45, 2.75) is 40.0 Å². The number of rotatable bonds is 7. The molecule has 4 amide bonds. The van der Waals surface area contributed by atoms with Crippen LogP contribution in [0, 0.1) is 5.41 Å². The molecule has 1 aliphatic heterocycles. The zero-order valence-electron chi connectivity index (χ0n) is 11.8. The van der Waals surface area contributed by atoms with E-state index in [9.17, 15) is 14.4 Å². The molecule has 0 aromatic rings. The third-order valence-corrected chi connectivity index (χ3v) is 3.13. The Hall–Kier alpha value is -1.43. The summed E-state index contributed by atoms with van der Waals surface area (Å²) >= 11 is 0. The molecule has 0 bridgehead atoms. The van der Waals surface area contributed by atoms with Gasteiger partial charge >= 0.3 is 6.03 Å². The molecule has 1 heterocycles. The number of ether oxygens (including phenoxy) is 1. The van der Waals surface area contributed by atoms with Crippen molar-refractivity contribution in [3.05, 3.63) is 0 Å². The third-order valence-electron chi connectivity index (χ3n) is 3.13. The first-order valence-corrected chi connectivity index (χ1v) is 6.66. The van der Waals surface area contributed by atoms with Gasteiger partial charge in [-0.1, -0.05) is 13.3 Å². The number of barbiturate groups is 1. The van der Waals surface area contributed by atoms with E-state index in [1.807, 2.05) is 0 Å². The molecule has 0 aromatic heterocycles. The van der Waals surface area contributed by atoms with Crippen molar-refractivity contribution in [1.29, 1.82) is 0 Å². The van der Waals surface area contributed by atoms with Crippen molar-refractivity contribution in [2.24, 2.45) is 5.41 Å². The summed E-state index contributed by atoms with van der Waals surface area (Å²) in [6.45, 7) is 6.59. The van der Waals surface area contributed by atoms with E-state index in [4.69, 9.17) is 4.74 Å². The minimum atomic E-state index is -1.18. The van der Waals surface area contributed by atoms with Gasteiger partial charge in [-0.15, -0.1) is 0 Å². The van der Waals surface area contributed by atoms with E-state index in [-0.39, 0.29) is 6.54 Å². The van der Waals surface area contributed by atoms with Crippen molar-refractivity contribution in [3.8, 4) is 0 Å². The van der Waals surface area contributed by atoms with Crippen LogP contribution in [0.3, 0.4) is 0 Å². The number of nitrogens with one attached hydrogen (secondary N) is 1. The molecular formula is C13H22N2O4. The van der Waals surface area contributed by atoms with Gasteiger partial charge in [-0.2, -0.15) is 0 Å². The van der Waals surface area contributed by atoms with E-state index >= 15 is 0 Å². The highest BCUT2D eigenvalue weighted by molar-refractivity contribution is 6.18. The van der Waals surface area contributed by atoms with Crippen molar-refractivity contribution < 1.29 is 19.1 Å². The highest BCUT2D eigenvalue weighted by Gasteiger charge is 2.46. The Kier molecular flexibility index (Phi) is 5.47. The maximum Gasteiger partial charge on any atom is 0.330 e. The molecule has 0 spiro atoms. The number of hydrogen-bond donors (Lipinski definition) is 1. The molecule has 108 valence electrons. The number of nitrogens with zero attached hydrogens (tertiary/aromatic N) is 1. The Bertz CT molecular complexity index is 366. The van der Waals surface area contributed by atoms with Gasteiger partial charge in [-0.05, 0) is 26.7 Å². The molecule has 0 atom stereocenters. The fourth-order valence-electron chi connectivity index (χ4n) is 1.72. The summed E-state index contributed by atoms with van der Waals surface area (Å²) < 4.78 is 5.37. The Labute approximate surface area is 113 Å². The van der Waals surface area contributed by atoms with Crippen molar-refractivity contribution in [2.75, 3.05) is 19.8 Å². The van der Waals surface area contributed by atoms with Crippen LogP contribution in [0.2, 0.25) is 0 Å². The average Bonchev–Trinajstić information content (AvgIpc) is 2.35. The molecule has 6 heteroatoms. The first kappa shape index (κ1) is 15.6. The fraction of sp³-hybridized carbons (Fsp3) is 0.769. The monoisotopic (exact) mass is 270 g/mol. The van der Waals surface area contributed by atoms with Crippen LogP contribution in [0.25, 0.3) is 0 Å². The van der Waals surface area contributed by atoms with Gasteiger partial charge in [0.2, 0.25) is 11.8 Å². The van der Waals surface area contributed by atoms with Gasteiger partial charge in [0.05, 0.1) is 0 Å². The highest BCUT2D eigenvalue weighted by Crippen LogP contribution is 2.23. The predicted molar refractivity (Wildman–Crippen MR) is 69.4 cm³/mol. The number of amides is 4. The SMILES string of the molecule is CCCCOCCCN1C(=O)NC(=O)C(C)(C)C1=O. The van der Waals surface area contributed by atoms with Gasteiger partial charge in [0.1, 0.15) is 5.41 Å². The maximum absolute atomic E-state index is 12.0. The summed E-state index contributed by atoms with van der Waals surface area (Å²) in [7, 11) is 0. The summed E-state index contributed by atoms with van der Waals surface area (Å²) in [5, 5.41) is 2.20. The second kappa shape index (κ2) is 6.65.